The van der Waals surface area contributed by atoms with Crippen molar-refractivity contribution in [2.75, 3.05) is 20.8 Å². The molecule has 0 atom stereocenters. The maximum absolute atomic E-state index is 13.2. The number of hydrogen-bond acceptors (Lipinski definition) is 5. The second-order valence-corrected chi connectivity index (χ2v) is 7.39. The topological polar surface area (TPSA) is 89.1 Å². The molecule has 32 heavy (non-hydrogen) atoms. The summed E-state index contributed by atoms with van der Waals surface area (Å²) in [5.74, 6) is 1.28. The summed E-state index contributed by atoms with van der Waals surface area (Å²) in [6.45, 7) is 2.70. The van der Waals surface area contributed by atoms with E-state index < -0.39 is 0 Å². The Morgan fingerprint density at radius 2 is 1.84 bits per heavy atom. The van der Waals surface area contributed by atoms with Gasteiger partial charge in [0.1, 0.15) is 11.5 Å². The molecule has 2 aromatic heterocycles. The summed E-state index contributed by atoms with van der Waals surface area (Å²) in [6, 6.07) is 17.0. The number of H-pyrrole nitrogens is 1. The number of hydrogen-bond donors (Lipinski definition) is 2. The molecule has 0 aliphatic heterocycles. The van der Waals surface area contributed by atoms with E-state index in [2.05, 4.69) is 22.4 Å². The number of aromatic nitrogens is 3. The van der Waals surface area contributed by atoms with Gasteiger partial charge in [0.25, 0.3) is 5.91 Å². The largest absolute Gasteiger partial charge is 0.497 e. The predicted octanol–water partition coefficient (Wildman–Crippen LogP) is 4.84. The highest BCUT2D eigenvalue weighted by Gasteiger charge is 2.21. The van der Waals surface area contributed by atoms with Gasteiger partial charge in [-0.3, -0.25) is 9.89 Å². The van der Waals surface area contributed by atoms with Crippen LogP contribution in [0.1, 0.15) is 30.1 Å². The molecule has 4 aromatic rings. The van der Waals surface area contributed by atoms with Crippen molar-refractivity contribution in [3.63, 3.8) is 0 Å². The van der Waals surface area contributed by atoms with E-state index in [1.54, 1.807) is 14.2 Å². The Morgan fingerprint density at radius 1 is 1.06 bits per heavy atom. The van der Waals surface area contributed by atoms with Crippen LogP contribution in [0.4, 0.5) is 0 Å². The van der Waals surface area contributed by atoms with Crippen LogP contribution in [0.15, 0.2) is 54.6 Å². The molecule has 0 unspecified atom stereocenters. The lowest BCUT2D eigenvalue weighted by atomic mass is 10.0. The van der Waals surface area contributed by atoms with Crippen LogP contribution in [0.2, 0.25) is 0 Å². The van der Waals surface area contributed by atoms with E-state index in [1.807, 2.05) is 54.6 Å². The van der Waals surface area contributed by atoms with E-state index in [0.29, 0.717) is 34.6 Å². The SMILES string of the molecule is CCCCNC(=O)c1cc(-c2ccccc2OC)nc2n[nH]c(-c3ccc(OC)cc3)c12. The summed E-state index contributed by atoms with van der Waals surface area (Å²) in [4.78, 5) is 18.0. The van der Waals surface area contributed by atoms with E-state index in [-0.39, 0.29) is 5.91 Å². The van der Waals surface area contributed by atoms with Gasteiger partial charge >= 0.3 is 0 Å². The summed E-state index contributed by atoms with van der Waals surface area (Å²) >= 11 is 0. The fraction of sp³-hybridized carbons (Fsp3) is 0.240. The predicted molar refractivity (Wildman–Crippen MR) is 125 cm³/mol. The van der Waals surface area contributed by atoms with Crippen molar-refractivity contribution >= 4 is 16.9 Å². The number of carbonyl (C=O) groups is 1. The van der Waals surface area contributed by atoms with Crippen molar-refractivity contribution in [1.82, 2.24) is 20.5 Å². The summed E-state index contributed by atoms with van der Waals surface area (Å²) in [5, 5.41) is 11.2. The quantitative estimate of drug-likeness (QED) is 0.391. The maximum Gasteiger partial charge on any atom is 0.252 e. The van der Waals surface area contributed by atoms with Crippen molar-refractivity contribution in [2.45, 2.75) is 19.8 Å². The molecule has 2 N–H and O–H groups in total. The first-order chi connectivity index (χ1) is 15.7. The molecule has 4 rings (SSSR count). The molecule has 0 saturated heterocycles. The van der Waals surface area contributed by atoms with Crippen molar-refractivity contribution in [3.8, 4) is 34.0 Å². The number of carbonyl (C=O) groups excluding carboxylic acids is 1. The molecule has 2 aromatic carbocycles. The second kappa shape index (κ2) is 9.51. The van der Waals surface area contributed by atoms with Crippen LogP contribution in [0.5, 0.6) is 11.5 Å². The van der Waals surface area contributed by atoms with Crippen LogP contribution in [-0.2, 0) is 0 Å². The number of nitrogens with one attached hydrogen (secondary N) is 2. The summed E-state index contributed by atoms with van der Waals surface area (Å²) in [6.07, 6.45) is 1.91. The zero-order valence-electron chi connectivity index (χ0n) is 18.4. The molecule has 0 bridgehead atoms. The number of unbranched alkanes of at least 4 members (excludes halogenated alkanes) is 1. The van der Waals surface area contributed by atoms with Crippen molar-refractivity contribution in [1.29, 1.82) is 0 Å². The third-order valence-corrected chi connectivity index (χ3v) is 5.35. The molecule has 0 aliphatic rings. The Kier molecular flexibility index (Phi) is 6.35. The van der Waals surface area contributed by atoms with E-state index in [0.717, 1.165) is 35.4 Å². The van der Waals surface area contributed by atoms with Crippen LogP contribution in [0, 0.1) is 0 Å². The van der Waals surface area contributed by atoms with Crippen LogP contribution in [-0.4, -0.2) is 41.9 Å². The van der Waals surface area contributed by atoms with Gasteiger partial charge in [0.15, 0.2) is 5.65 Å². The van der Waals surface area contributed by atoms with Gasteiger partial charge in [0.05, 0.1) is 36.6 Å². The smallest absolute Gasteiger partial charge is 0.252 e. The van der Waals surface area contributed by atoms with Crippen LogP contribution in [0.25, 0.3) is 33.5 Å². The minimum Gasteiger partial charge on any atom is -0.497 e. The van der Waals surface area contributed by atoms with Gasteiger partial charge in [-0.15, -0.1) is 0 Å². The number of methoxy groups -OCH3 is 2. The molecule has 0 saturated carbocycles. The highest BCUT2D eigenvalue weighted by atomic mass is 16.5. The molecular formula is C25H26N4O3. The molecule has 1 amide bonds. The molecule has 164 valence electrons. The highest BCUT2D eigenvalue weighted by Crippen LogP contribution is 2.34. The summed E-state index contributed by atoms with van der Waals surface area (Å²) in [5.41, 5.74) is 4.05. The average Bonchev–Trinajstić information content (AvgIpc) is 3.27. The molecule has 0 fully saturated rings. The van der Waals surface area contributed by atoms with Gasteiger partial charge in [-0.2, -0.15) is 5.10 Å². The van der Waals surface area contributed by atoms with Crippen molar-refractivity contribution in [2.24, 2.45) is 0 Å². The Morgan fingerprint density at radius 3 is 2.56 bits per heavy atom. The van der Waals surface area contributed by atoms with E-state index in [9.17, 15) is 4.79 Å². The second-order valence-electron chi connectivity index (χ2n) is 7.39. The van der Waals surface area contributed by atoms with E-state index in [4.69, 9.17) is 14.5 Å². The Bertz CT molecular complexity index is 1230. The minimum absolute atomic E-state index is 0.154. The van der Waals surface area contributed by atoms with Gasteiger partial charge in [-0.25, -0.2) is 4.98 Å². The van der Waals surface area contributed by atoms with Gasteiger partial charge in [0, 0.05) is 17.7 Å². The normalized spacial score (nSPS) is 10.8. The molecule has 0 aliphatic carbocycles. The molecule has 7 heteroatoms. The number of amides is 1. The number of aromatic amines is 1. The van der Waals surface area contributed by atoms with Crippen molar-refractivity contribution in [3.05, 3.63) is 60.2 Å². The zero-order chi connectivity index (χ0) is 22.5. The van der Waals surface area contributed by atoms with Crippen molar-refractivity contribution < 1.29 is 14.3 Å². The molecule has 0 spiro atoms. The Labute approximate surface area is 186 Å². The number of pyridine rings is 1. The number of para-hydroxylation sites is 1. The maximum atomic E-state index is 13.2. The number of fused-ring (bicyclic) bond motifs is 1. The molecule has 7 nitrogen and oxygen atoms in total. The Balaban J connectivity index is 1.88. The van der Waals surface area contributed by atoms with Gasteiger partial charge in [-0.05, 0) is 48.9 Å². The lowest BCUT2D eigenvalue weighted by molar-refractivity contribution is 0.0955. The van der Waals surface area contributed by atoms with Gasteiger partial charge < -0.3 is 14.8 Å². The third-order valence-electron chi connectivity index (χ3n) is 5.35. The number of rotatable bonds is 8. The van der Waals surface area contributed by atoms with E-state index >= 15 is 0 Å². The third kappa shape index (κ3) is 4.14. The van der Waals surface area contributed by atoms with Gasteiger partial charge in [-0.1, -0.05) is 25.5 Å². The van der Waals surface area contributed by atoms with Crippen LogP contribution < -0.4 is 14.8 Å². The van der Waals surface area contributed by atoms with Crippen LogP contribution >= 0.6 is 0 Å². The van der Waals surface area contributed by atoms with Gasteiger partial charge in [0.2, 0.25) is 0 Å². The van der Waals surface area contributed by atoms with E-state index in [1.165, 1.54) is 0 Å². The minimum atomic E-state index is -0.154. The fourth-order valence-corrected chi connectivity index (χ4v) is 3.64. The first kappa shape index (κ1) is 21.4. The standard InChI is InChI=1S/C25H26N4O3/c1-4-5-14-26-25(30)19-15-20(18-8-6-7-9-21(18)32-3)27-24-22(19)23(28-29-24)16-10-12-17(31-2)13-11-16/h6-13,15H,4-5,14H2,1-3H3,(H,26,30)(H,27,28,29). The monoisotopic (exact) mass is 430 g/mol. The molecular weight excluding hydrogens is 404 g/mol. The lowest BCUT2D eigenvalue weighted by Gasteiger charge is -2.11. The summed E-state index contributed by atoms with van der Waals surface area (Å²) < 4.78 is 10.8. The highest BCUT2D eigenvalue weighted by molar-refractivity contribution is 6.11. The average molecular weight is 431 g/mol. The molecule has 2 heterocycles. The number of ether oxygens (including phenoxy) is 2. The van der Waals surface area contributed by atoms with Crippen LogP contribution in [0.3, 0.4) is 0 Å². The first-order valence-corrected chi connectivity index (χ1v) is 10.6. The zero-order valence-corrected chi connectivity index (χ0v) is 18.4. The first-order valence-electron chi connectivity index (χ1n) is 10.6. The Hall–Kier alpha value is -3.87. The summed E-state index contributed by atoms with van der Waals surface area (Å²) in [7, 11) is 3.24. The molecule has 0 radical (unpaired) electrons. The lowest BCUT2D eigenvalue weighted by Crippen LogP contribution is -2.24. The number of benzene rings is 2. The fourth-order valence-electron chi connectivity index (χ4n) is 3.64. The number of nitrogens with zero attached hydrogens (tertiary/aromatic N) is 2.